The molecule has 0 saturated carbocycles. The van der Waals surface area contributed by atoms with Crippen LogP contribution in [0.15, 0.2) is 48.8 Å². The molecule has 72 valence electrons. The molecular formula is C12H13NO. The molecule has 1 N–H and O–H groups in total. The van der Waals surface area contributed by atoms with Crippen molar-refractivity contribution in [2.75, 3.05) is 0 Å². The minimum Gasteiger partial charge on any atom is -0.508 e. The number of rotatable bonds is 2. The van der Waals surface area contributed by atoms with Crippen LogP contribution >= 0.6 is 0 Å². The van der Waals surface area contributed by atoms with Crippen molar-refractivity contribution in [3.05, 3.63) is 54.4 Å². The second-order valence-electron chi connectivity index (χ2n) is 3.40. The van der Waals surface area contributed by atoms with Crippen LogP contribution in [0.1, 0.15) is 18.5 Å². The summed E-state index contributed by atoms with van der Waals surface area (Å²) in [5, 5.41) is 9.35. The largest absolute Gasteiger partial charge is 0.508 e. The lowest BCUT2D eigenvalue weighted by atomic mass is 10.1. The summed E-state index contributed by atoms with van der Waals surface area (Å²) in [5.74, 6) is 0.321. The highest BCUT2D eigenvalue weighted by atomic mass is 16.3. The van der Waals surface area contributed by atoms with E-state index in [2.05, 4.69) is 11.5 Å². The van der Waals surface area contributed by atoms with Gasteiger partial charge >= 0.3 is 0 Å². The Kier molecular flexibility index (Phi) is 2.27. The van der Waals surface area contributed by atoms with Crippen molar-refractivity contribution in [1.29, 1.82) is 0 Å². The Bertz CT molecular complexity index is 406. The fourth-order valence-electron chi connectivity index (χ4n) is 1.56. The van der Waals surface area contributed by atoms with E-state index < -0.39 is 0 Å². The van der Waals surface area contributed by atoms with Crippen LogP contribution in [0.2, 0.25) is 0 Å². The van der Waals surface area contributed by atoms with Crippen molar-refractivity contribution < 1.29 is 5.11 Å². The maximum absolute atomic E-state index is 9.35. The highest BCUT2D eigenvalue weighted by Crippen LogP contribution is 2.21. The van der Waals surface area contributed by atoms with Gasteiger partial charge in [0.2, 0.25) is 0 Å². The van der Waals surface area contributed by atoms with E-state index in [-0.39, 0.29) is 6.04 Å². The van der Waals surface area contributed by atoms with Crippen LogP contribution in [0.3, 0.4) is 0 Å². The summed E-state index contributed by atoms with van der Waals surface area (Å²) < 4.78 is 2.11. The van der Waals surface area contributed by atoms with Gasteiger partial charge in [-0.3, -0.25) is 0 Å². The molecule has 1 atom stereocenters. The number of aromatic nitrogens is 1. The molecule has 0 aliphatic carbocycles. The second kappa shape index (κ2) is 3.58. The van der Waals surface area contributed by atoms with E-state index in [1.54, 1.807) is 12.1 Å². The topological polar surface area (TPSA) is 25.2 Å². The van der Waals surface area contributed by atoms with Crippen LogP contribution in [0.5, 0.6) is 5.75 Å². The van der Waals surface area contributed by atoms with Gasteiger partial charge in [0.1, 0.15) is 5.75 Å². The van der Waals surface area contributed by atoms with Gasteiger partial charge in [0.25, 0.3) is 0 Å². The van der Waals surface area contributed by atoms with Gasteiger partial charge < -0.3 is 9.67 Å². The molecule has 0 fully saturated rings. The second-order valence-corrected chi connectivity index (χ2v) is 3.40. The Hall–Kier alpha value is -1.70. The Labute approximate surface area is 83.4 Å². The summed E-state index contributed by atoms with van der Waals surface area (Å²) >= 11 is 0. The summed E-state index contributed by atoms with van der Waals surface area (Å²) in [7, 11) is 0. The smallest absolute Gasteiger partial charge is 0.115 e. The SMILES string of the molecule is CC(c1cccc(O)c1)n1cccc1. The average molecular weight is 187 g/mol. The number of phenols is 1. The third kappa shape index (κ3) is 1.64. The maximum atomic E-state index is 9.35. The molecule has 2 rings (SSSR count). The normalized spacial score (nSPS) is 12.6. The predicted octanol–water partition coefficient (Wildman–Crippen LogP) is 2.80. The predicted molar refractivity (Wildman–Crippen MR) is 56.4 cm³/mol. The Morgan fingerprint density at radius 2 is 1.86 bits per heavy atom. The Morgan fingerprint density at radius 1 is 1.14 bits per heavy atom. The molecule has 1 heterocycles. The zero-order valence-corrected chi connectivity index (χ0v) is 8.09. The highest BCUT2D eigenvalue weighted by molar-refractivity contribution is 5.29. The van der Waals surface area contributed by atoms with Gasteiger partial charge in [-0.05, 0) is 36.8 Å². The molecule has 1 aromatic carbocycles. The lowest BCUT2D eigenvalue weighted by Crippen LogP contribution is -2.03. The number of hydrogen-bond acceptors (Lipinski definition) is 1. The minimum atomic E-state index is 0.261. The van der Waals surface area contributed by atoms with Crippen molar-refractivity contribution in [1.82, 2.24) is 4.57 Å². The number of benzene rings is 1. The highest BCUT2D eigenvalue weighted by Gasteiger charge is 2.05. The van der Waals surface area contributed by atoms with Crippen molar-refractivity contribution in [3.8, 4) is 5.75 Å². The van der Waals surface area contributed by atoms with E-state index in [0.717, 1.165) is 5.56 Å². The van der Waals surface area contributed by atoms with Gasteiger partial charge in [-0.1, -0.05) is 12.1 Å². The summed E-state index contributed by atoms with van der Waals surface area (Å²) in [6.45, 7) is 2.11. The van der Waals surface area contributed by atoms with Crippen molar-refractivity contribution in [2.24, 2.45) is 0 Å². The number of phenolic OH excluding ortho intramolecular Hbond substituents is 1. The van der Waals surface area contributed by atoms with Crippen LogP contribution < -0.4 is 0 Å². The molecule has 0 saturated heterocycles. The van der Waals surface area contributed by atoms with Crippen molar-refractivity contribution in [3.63, 3.8) is 0 Å². The molecular weight excluding hydrogens is 174 g/mol. The summed E-state index contributed by atoms with van der Waals surface area (Å²) in [4.78, 5) is 0. The average Bonchev–Trinajstić information content (AvgIpc) is 2.69. The molecule has 0 spiro atoms. The van der Waals surface area contributed by atoms with Crippen LogP contribution in [0, 0.1) is 0 Å². The summed E-state index contributed by atoms with van der Waals surface area (Å²) in [6.07, 6.45) is 4.05. The molecule has 0 aliphatic rings. The number of hydrogen-bond donors (Lipinski definition) is 1. The van der Waals surface area contributed by atoms with Crippen LogP contribution in [0.25, 0.3) is 0 Å². The zero-order chi connectivity index (χ0) is 9.97. The lowest BCUT2D eigenvalue weighted by Gasteiger charge is -2.14. The van der Waals surface area contributed by atoms with Gasteiger partial charge in [-0.25, -0.2) is 0 Å². The third-order valence-corrected chi connectivity index (χ3v) is 2.43. The lowest BCUT2D eigenvalue weighted by molar-refractivity contribution is 0.473. The van der Waals surface area contributed by atoms with Gasteiger partial charge in [0, 0.05) is 12.4 Å². The first-order chi connectivity index (χ1) is 6.77. The quantitative estimate of drug-likeness (QED) is 0.768. The van der Waals surface area contributed by atoms with Crippen molar-refractivity contribution >= 4 is 0 Å². The monoisotopic (exact) mass is 187 g/mol. The van der Waals surface area contributed by atoms with Gasteiger partial charge in [-0.2, -0.15) is 0 Å². The third-order valence-electron chi connectivity index (χ3n) is 2.43. The van der Waals surface area contributed by atoms with E-state index in [9.17, 15) is 5.11 Å². The molecule has 2 aromatic rings. The van der Waals surface area contributed by atoms with E-state index in [1.807, 2.05) is 36.7 Å². The van der Waals surface area contributed by atoms with Crippen LogP contribution in [0.4, 0.5) is 0 Å². The molecule has 0 radical (unpaired) electrons. The molecule has 1 unspecified atom stereocenters. The number of nitrogens with zero attached hydrogens (tertiary/aromatic N) is 1. The fraction of sp³-hybridized carbons (Fsp3) is 0.167. The first-order valence-electron chi connectivity index (χ1n) is 4.69. The van der Waals surface area contributed by atoms with Crippen LogP contribution in [-0.2, 0) is 0 Å². The van der Waals surface area contributed by atoms with Gasteiger partial charge in [-0.15, -0.1) is 0 Å². The van der Waals surface area contributed by atoms with Crippen LogP contribution in [-0.4, -0.2) is 9.67 Å². The number of aromatic hydroxyl groups is 1. The molecule has 0 bridgehead atoms. The summed E-state index contributed by atoms with van der Waals surface area (Å²) in [5.41, 5.74) is 1.11. The fourth-order valence-corrected chi connectivity index (χ4v) is 1.56. The molecule has 14 heavy (non-hydrogen) atoms. The first-order valence-corrected chi connectivity index (χ1v) is 4.69. The molecule has 0 amide bonds. The van der Waals surface area contributed by atoms with E-state index in [0.29, 0.717) is 5.75 Å². The Morgan fingerprint density at radius 3 is 2.50 bits per heavy atom. The minimum absolute atomic E-state index is 0.261. The molecule has 2 nitrogen and oxygen atoms in total. The Balaban J connectivity index is 2.32. The molecule has 1 aromatic heterocycles. The first kappa shape index (κ1) is 8.88. The van der Waals surface area contributed by atoms with E-state index in [4.69, 9.17) is 0 Å². The van der Waals surface area contributed by atoms with E-state index in [1.165, 1.54) is 0 Å². The molecule has 2 heteroatoms. The van der Waals surface area contributed by atoms with E-state index >= 15 is 0 Å². The summed E-state index contributed by atoms with van der Waals surface area (Å²) in [6, 6.07) is 11.6. The van der Waals surface area contributed by atoms with Gasteiger partial charge in [0.15, 0.2) is 0 Å². The maximum Gasteiger partial charge on any atom is 0.115 e. The standard InChI is InChI=1S/C12H13NO/c1-10(13-7-2-3-8-13)11-5-4-6-12(14)9-11/h2-10,14H,1H3. The molecule has 0 aliphatic heterocycles. The van der Waals surface area contributed by atoms with Gasteiger partial charge in [0.05, 0.1) is 6.04 Å². The zero-order valence-electron chi connectivity index (χ0n) is 8.09. The van der Waals surface area contributed by atoms with Crippen molar-refractivity contribution in [2.45, 2.75) is 13.0 Å².